The van der Waals surface area contributed by atoms with Crippen molar-refractivity contribution in [3.63, 3.8) is 0 Å². The second-order valence-electron chi connectivity index (χ2n) is 7.31. The Kier molecular flexibility index (Phi) is 3.35. The van der Waals surface area contributed by atoms with E-state index < -0.39 is 5.60 Å². The summed E-state index contributed by atoms with van der Waals surface area (Å²) in [5.74, 6) is -0.0515. The predicted molar refractivity (Wildman–Crippen MR) is 93.9 cm³/mol. The molecule has 0 radical (unpaired) electrons. The van der Waals surface area contributed by atoms with Gasteiger partial charge >= 0.3 is 0 Å². The van der Waals surface area contributed by atoms with E-state index in [0.717, 1.165) is 30.5 Å². The number of hydrogen-bond acceptors (Lipinski definition) is 4. The van der Waals surface area contributed by atoms with E-state index in [0.29, 0.717) is 11.6 Å². The van der Waals surface area contributed by atoms with E-state index in [-0.39, 0.29) is 23.6 Å². The molecule has 1 aromatic carbocycles. The van der Waals surface area contributed by atoms with Crippen molar-refractivity contribution in [1.29, 1.82) is 0 Å². The highest BCUT2D eigenvalue weighted by Gasteiger charge is 2.69. The smallest absolute Gasteiger partial charge is 0.272 e. The average Bonchev–Trinajstić information content (AvgIpc) is 3.36. The van der Waals surface area contributed by atoms with E-state index in [1.54, 1.807) is 24.5 Å². The van der Waals surface area contributed by atoms with Crippen LogP contribution in [0.3, 0.4) is 0 Å². The molecule has 5 nitrogen and oxygen atoms in total. The molecule has 1 aromatic heterocycles. The monoisotopic (exact) mass is 351 g/mol. The zero-order valence-electron chi connectivity index (χ0n) is 14.1. The van der Waals surface area contributed by atoms with Gasteiger partial charge in [-0.3, -0.25) is 9.78 Å². The molecule has 0 unspecified atom stereocenters. The number of fused-ring (bicyclic) bond motifs is 5. The molecule has 6 heteroatoms. The summed E-state index contributed by atoms with van der Waals surface area (Å²) in [4.78, 5) is 23.3. The maximum atomic E-state index is 13.3. The van der Waals surface area contributed by atoms with Gasteiger partial charge in [0, 0.05) is 29.6 Å². The van der Waals surface area contributed by atoms with Gasteiger partial charge in [-0.2, -0.15) is 0 Å². The van der Waals surface area contributed by atoms with Gasteiger partial charge in [-0.15, -0.1) is 0 Å². The number of nitrogens with zero attached hydrogens (tertiary/aromatic N) is 2. The number of carbonyl (C=O) groups is 1. The summed E-state index contributed by atoms with van der Waals surface area (Å²) in [6.07, 6.45) is 6.51. The van der Waals surface area contributed by atoms with Crippen molar-refractivity contribution < 1.29 is 14.0 Å². The van der Waals surface area contributed by atoms with E-state index in [2.05, 4.69) is 15.5 Å². The first kappa shape index (κ1) is 15.5. The highest BCUT2D eigenvalue weighted by Crippen LogP contribution is 2.60. The Morgan fingerprint density at radius 2 is 2.08 bits per heavy atom. The number of hydrogen-bond donors (Lipinski definition) is 1. The van der Waals surface area contributed by atoms with Crippen LogP contribution >= 0.6 is 0 Å². The zero-order chi connectivity index (χ0) is 17.7. The lowest BCUT2D eigenvalue weighted by molar-refractivity contribution is -0.149. The minimum absolute atomic E-state index is 0.0640. The molecule has 2 aliphatic carbocycles. The van der Waals surface area contributed by atoms with Gasteiger partial charge in [-0.25, -0.2) is 4.39 Å². The number of benzene rings is 1. The van der Waals surface area contributed by atoms with Crippen molar-refractivity contribution in [3.05, 3.63) is 60.2 Å². The molecule has 0 spiro atoms. The topological polar surface area (TPSA) is 63.6 Å². The van der Waals surface area contributed by atoms with E-state index in [1.165, 1.54) is 12.1 Å². The second-order valence-corrected chi connectivity index (χ2v) is 7.31. The molecule has 4 atom stereocenters. The number of anilines is 1. The Morgan fingerprint density at radius 1 is 1.23 bits per heavy atom. The standard InChI is InChI=1S/C20H18FN3O2/c21-15-5-7-16(8-6-15)23-19(25)20-14-4-3-12(10-14)17(20)18(24-26-20)13-2-1-9-22-11-13/h1-2,5-9,11-12,14,17H,3-4,10H2,(H,23,25)/t12-,14+,17-,20-/m1/s1. The average molecular weight is 351 g/mol. The van der Waals surface area contributed by atoms with Crippen LogP contribution in [0.25, 0.3) is 0 Å². The third-order valence-electron chi connectivity index (χ3n) is 6.02. The number of aromatic nitrogens is 1. The van der Waals surface area contributed by atoms with E-state index in [4.69, 9.17) is 4.84 Å². The number of oxime groups is 1. The molecule has 26 heavy (non-hydrogen) atoms. The van der Waals surface area contributed by atoms with Crippen molar-refractivity contribution in [2.75, 3.05) is 5.32 Å². The van der Waals surface area contributed by atoms with E-state index in [1.807, 2.05) is 12.1 Å². The molecule has 132 valence electrons. The molecular formula is C20H18FN3O2. The van der Waals surface area contributed by atoms with Gasteiger partial charge in [0.15, 0.2) is 0 Å². The molecule has 1 N–H and O–H groups in total. The van der Waals surface area contributed by atoms with Crippen LogP contribution in [0.5, 0.6) is 0 Å². The van der Waals surface area contributed by atoms with Crippen molar-refractivity contribution in [3.8, 4) is 0 Å². The Labute approximate surface area is 150 Å². The lowest BCUT2D eigenvalue weighted by atomic mass is 9.72. The molecule has 2 saturated carbocycles. The fraction of sp³-hybridized carbons (Fsp3) is 0.350. The third-order valence-corrected chi connectivity index (χ3v) is 6.02. The molecular weight excluding hydrogens is 333 g/mol. The highest BCUT2D eigenvalue weighted by molar-refractivity contribution is 6.10. The van der Waals surface area contributed by atoms with Gasteiger partial charge in [-0.05, 0) is 61.6 Å². The summed E-state index contributed by atoms with van der Waals surface area (Å²) in [5, 5.41) is 7.25. The SMILES string of the molecule is O=C(Nc1ccc(F)cc1)[C@]12ON=C(c3cccnc3)[C@H]1[C@@H]1CC[C@H]2C1. The van der Waals surface area contributed by atoms with Crippen molar-refractivity contribution in [2.24, 2.45) is 22.9 Å². The van der Waals surface area contributed by atoms with Crippen LogP contribution in [0.4, 0.5) is 10.1 Å². The number of halogens is 1. The lowest BCUT2D eigenvalue weighted by Gasteiger charge is -2.35. The molecule has 0 saturated heterocycles. The Bertz CT molecular complexity index is 884. The van der Waals surface area contributed by atoms with Crippen LogP contribution in [0.2, 0.25) is 0 Å². The predicted octanol–water partition coefficient (Wildman–Crippen LogP) is 3.38. The highest BCUT2D eigenvalue weighted by atomic mass is 19.1. The summed E-state index contributed by atoms with van der Waals surface area (Å²) < 4.78 is 13.1. The number of pyridine rings is 1. The van der Waals surface area contributed by atoms with Crippen LogP contribution in [-0.2, 0) is 9.63 Å². The van der Waals surface area contributed by atoms with E-state index in [9.17, 15) is 9.18 Å². The van der Waals surface area contributed by atoms with E-state index >= 15 is 0 Å². The van der Waals surface area contributed by atoms with Crippen LogP contribution in [0, 0.1) is 23.6 Å². The van der Waals surface area contributed by atoms with Gasteiger partial charge in [0.05, 0.1) is 11.6 Å². The van der Waals surface area contributed by atoms with Crippen LogP contribution in [0.1, 0.15) is 24.8 Å². The largest absolute Gasteiger partial charge is 0.378 e. The first-order valence-electron chi connectivity index (χ1n) is 8.92. The first-order valence-corrected chi connectivity index (χ1v) is 8.92. The summed E-state index contributed by atoms with van der Waals surface area (Å²) in [6, 6.07) is 9.60. The molecule has 2 aromatic rings. The lowest BCUT2D eigenvalue weighted by Crippen LogP contribution is -2.53. The minimum atomic E-state index is -0.970. The maximum Gasteiger partial charge on any atom is 0.272 e. The minimum Gasteiger partial charge on any atom is -0.378 e. The van der Waals surface area contributed by atoms with Crippen molar-refractivity contribution in [2.45, 2.75) is 24.9 Å². The van der Waals surface area contributed by atoms with Gasteiger partial charge in [0.25, 0.3) is 5.91 Å². The van der Waals surface area contributed by atoms with Gasteiger partial charge in [-0.1, -0.05) is 5.16 Å². The third kappa shape index (κ3) is 2.11. The molecule has 5 rings (SSSR count). The molecule has 1 aliphatic heterocycles. The Balaban J connectivity index is 1.49. The van der Waals surface area contributed by atoms with Crippen LogP contribution in [0.15, 0.2) is 53.9 Å². The van der Waals surface area contributed by atoms with Gasteiger partial charge < -0.3 is 10.2 Å². The fourth-order valence-corrected chi connectivity index (χ4v) is 4.93. The molecule has 2 fully saturated rings. The molecule has 3 aliphatic rings. The van der Waals surface area contributed by atoms with Crippen LogP contribution in [-0.4, -0.2) is 22.2 Å². The summed E-state index contributed by atoms with van der Waals surface area (Å²) >= 11 is 0. The van der Waals surface area contributed by atoms with Crippen LogP contribution < -0.4 is 5.32 Å². The fourth-order valence-electron chi connectivity index (χ4n) is 4.93. The number of nitrogens with one attached hydrogen (secondary N) is 1. The molecule has 2 bridgehead atoms. The number of carbonyl (C=O) groups excluding carboxylic acids is 1. The Morgan fingerprint density at radius 3 is 2.85 bits per heavy atom. The normalized spacial score (nSPS) is 31.3. The van der Waals surface area contributed by atoms with Gasteiger partial charge in [0.1, 0.15) is 5.82 Å². The summed E-state index contributed by atoms with van der Waals surface area (Å²) in [7, 11) is 0. The summed E-state index contributed by atoms with van der Waals surface area (Å²) in [5.41, 5.74) is 1.31. The summed E-state index contributed by atoms with van der Waals surface area (Å²) in [6.45, 7) is 0. The van der Waals surface area contributed by atoms with Crippen molar-refractivity contribution in [1.82, 2.24) is 4.98 Å². The number of amides is 1. The zero-order valence-corrected chi connectivity index (χ0v) is 14.1. The molecule has 2 heterocycles. The number of rotatable bonds is 3. The Hall–Kier alpha value is -2.76. The first-order chi connectivity index (χ1) is 12.7. The van der Waals surface area contributed by atoms with Crippen molar-refractivity contribution >= 4 is 17.3 Å². The maximum absolute atomic E-state index is 13.3. The second kappa shape index (κ2) is 5.62. The van der Waals surface area contributed by atoms with Gasteiger partial charge in [0.2, 0.25) is 5.60 Å². The quantitative estimate of drug-likeness (QED) is 0.922. The molecule has 1 amide bonds.